The third kappa shape index (κ3) is 5.29. The molecule has 186 valence electrons. The zero-order valence-electron chi connectivity index (χ0n) is 24.0. The van der Waals surface area contributed by atoms with Crippen molar-refractivity contribution >= 4 is 27.0 Å². The molecule has 0 heterocycles. The van der Waals surface area contributed by atoms with Gasteiger partial charge in [-0.3, -0.25) is 0 Å². The molecule has 2 nitrogen and oxygen atoms in total. The first-order chi connectivity index (χ1) is 14.3. The first-order valence-electron chi connectivity index (χ1n) is 12.7. The highest BCUT2D eigenvalue weighted by Gasteiger charge is 2.58. The first kappa shape index (κ1) is 29.6. The monoisotopic (exact) mass is 478 g/mol. The van der Waals surface area contributed by atoms with Crippen molar-refractivity contribution in [3.05, 3.63) is 24.3 Å². The van der Waals surface area contributed by atoms with E-state index in [1.54, 1.807) is 0 Å². The maximum absolute atomic E-state index is 6.94. The fourth-order valence-corrected chi connectivity index (χ4v) is 18.8. The second kappa shape index (κ2) is 10.1. The third-order valence-electron chi connectivity index (χ3n) is 6.97. The molecule has 0 bridgehead atoms. The van der Waals surface area contributed by atoms with E-state index >= 15 is 0 Å². The van der Waals surface area contributed by atoms with E-state index in [-0.39, 0.29) is 20.2 Å². The van der Waals surface area contributed by atoms with Crippen LogP contribution in [-0.4, -0.2) is 29.8 Å². The number of rotatable bonds is 8. The second-order valence-corrected chi connectivity index (χ2v) is 24.1. The number of benzene rings is 1. The standard InChI is InChI=1S/C28H54O2Si2/c1-15-21-29-31(25(3,4)5,26(6,7)8)23-17-19-24(20-18-23)32(27(9,10)11,28(12,13)14)30-22-16-2/h17-20H,15-16,21-22H2,1-14H3. The Morgan fingerprint density at radius 2 is 0.719 bits per heavy atom. The molecule has 0 saturated heterocycles. The summed E-state index contributed by atoms with van der Waals surface area (Å²) in [7, 11) is -4.64. The highest BCUT2D eigenvalue weighted by Crippen LogP contribution is 2.53. The molecule has 4 heteroatoms. The Morgan fingerprint density at radius 1 is 0.500 bits per heavy atom. The van der Waals surface area contributed by atoms with E-state index in [9.17, 15) is 0 Å². The van der Waals surface area contributed by atoms with Gasteiger partial charge in [0.25, 0.3) is 0 Å². The van der Waals surface area contributed by atoms with Crippen molar-refractivity contribution in [1.82, 2.24) is 0 Å². The molecular formula is C28H54O2Si2. The maximum atomic E-state index is 6.94. The Morgan fingerprint density at radius 3 is 0.875 bits per heavy atom. The van der Waals surface area contributed by atoms with Crippen molar-refractivity contribution in [1.29, 1.82) is 0 Å². The predicted octanol–water partition coefficient (Wildman–Crippen LogP) is 8.05. The minimum absolute atomic E-state index is 0.0865. The topological polar surface area (TPSA) is 18.5 Å². The summed E-state index contributed by atoms with van der Waals surface area (Å²) in [5.74, 6) is 0. The molecular weight excluding hydrogens is 424 g/mol. The van der Waals surface area contributed by atoms with Crippen LogP contribution in [0.3, 0.4) is 0 Å². The van der Waals surface area contributed by atoms with Crippen molar-refractivity contribution in [2.45, 2.75) is 130 Å². The van der Waals surface area contributed by atoms with Crippen molar-refractivity contribution in [2.75, 3.05) is 13.2 Å². The predicted molar refractivity (Wildman–Crippen MR) is 149 cm³/mol. The molecule has 0 aromatic heterocycles. The van der Waals surface area contributed by atoms with Crippen LogP contribution >= 0.6 is 0 Å². The minimum atomic E-state index is -2.32. The zero-order valence-corrected chi connectivity index (χ0v) is 26.0. The molecule has 0 aliphatic heterocycles. The summed E-state index contributed by atoms with van der Waals surface area (Å²) in [4.78, 5) is 0. The van der Waals surface area contributed by atoms with E-state index in [1.807, 2.05) is 0 Å². The molecule has 0 fully saturated rings. The van der Waals surface area contributed by atoms with Crippen LogP contribution < -0.4 is 10.4 Å². The van der Waals surface area contributed by atoms with E-state index in [2.05, 4.69) is 121 Å². The number of hydrogen-bond acceptors (Lipinski definition) is 2. The van der Waals surface area contributed by atoms with Gasteiger partial charge in [-0.15, -0.1) is 0 Å². The lowest BCUT2D eigenvalue weighted by Gasteiger charge is -2.52. The lowest BCUT2D eigenvalue weighted by Crippen LogP contribution is -2.66. The van der Waals surface area contributed by atoms with Gasteiger partial charge in [-0.25, -0.2) is 0 Å². The van der Waals surface area contributed by atoms with Crippen LogP contribution in [0.1, 0.15) is 110 Å². The highest BCUT2D eigenvalue weighted by molar-refractivity contribution is 6.92. The molecule has 0 aliphatic rings. The van der Waals surface area contributed by atoms with Gasteiger partial charge >= 0.3 is 0 Å². The molecule has 0 saturated carbocycles. The minimum Gasteiger partial charge on any atom is -0.411 e. The van der Waals surface area contributed by atoms with Gasteiger partial charge in [0.1, 0.15) is 0 Å². The summed E-state index contributed by atoms with van der Waals surface area (Å²) in [6.07, 6.45) is 2.10. The van der Waals surface area contributed by atoms with Gasteiger partial charge in [0.05, 0.1) is 0 Å². The Kier molecular flexibility index (Phi) is 9.30. The highest BCUT2D eigenvalue weighted by atomic mass is 28.4. The van der Waals surface area contributed by atoms with Crippen molar-refractivity contribution in [2.24, 2.45) is 0 Å². The number of hydrogen-bond donors (Lipinski definition) is 0. The van der Waals surface area contributed by atoms with Crippen LogP contribution in [-0.2, 0) is 8.85 Å². The van der Waals surface area contributed by atoms with Crippen molar-refractivity contribution < 1.29 is 8.85 Å². The summed E-state index contributed by atoms with van der Waals surface area (Å²) in [6, 6.07) is 9.62. The SMILES string of the molecule is CCCO[Si](c1ccc([Si](OCCC)(C(C)(C)C)C(C)(C)C)cc1)(C(C)(C)C)C(C)(C)C. The largest absolute Gasteiger partial charge is 0.411 e. The third-order valence-corrected chi connectivity index (χ3v) is 19.0. The Balaban J connectivity index is 3.81. The lowest BCUT2D eigenvalue weighted by molar-refractivity contribution is 0.267. The van der Waals surface area contributed by atoms with E-state index in [1.165, 1.54) is 10.4 Å². The fourth-order valence-electron chi connectivity index (χ4n) is 6.46. The van der Waals surface area contributed by atoms with Crippen molar-refractivity contribution in [3.8, 4) is 0 Å². The van der Waals surface area contributed by atoms with E-state index in [0.717, 1.165) is 26.1 Å². The van der Waals surface area contributed by atoms with Gasteiger partial charge in [0.2, 0.25) is 16.6 Å². The van der Waals surface area contributed by atoms with Crippen LogP contribution in [0.5, 0.6) is 0 Å². The lowest BCUT2D eigenvalue weighted by atomic mass is 10.2. The van der Waals surface area contributed by atoms with Gasteiger partial charge in [-0.2, -0.15) is 0 Å². The Bertz CT molecular complexity index is 619. The molecule has 1 aromatic carbocycles. The average Bonchev–Trinajstić information content (AvgIpc) is 2.59. The molecule has 1 rings (SSSR count). The quantitative estimate of drug-likeness (QED) is 0.352. The van der Waals surface area contributed by atoms with Gasteiger partial charge in [0.15, 0.2) is 0 Å². The summed E-state index contributed by atoms with van der Waals surface area (Å²) in [5.41, 5.74) is 0. The van der Waals surface area contributed by atoms with Crippen LogP contribution in [0.25, 0.3) is 0 Å². The van der Waals surface area contributed by atoms with Crippen LogP contribution in [0.2, 0.25) is 20.2 Å². The van der Waals surface area contributed by atoms with E-state index < -0.39 is 16.6 Å². The second-order valence-electron chi connectivity index (χ2n) is 13.6. The summed E-state index contributed by atoms with van der Waals surface area (Å²) >= 11 is 0. The molecule has 0 spiro atoms. The zero-order chi connectivity index (χ0) is 25.2. The van der Waals surface area contributed by atoms with E-state index in [0.29, 0.717) is 0 Å². The molecule has 0 aliphatic carbocycles. The van der Waals surface area contributed by atoms with E-state index in [4.69, 9.17) is 8.85 Å². The van der Waals surface area contributed by atoms with Crippen LogP contribution in [0, 0.1) is 0 Å². The summed E-state index contributed by atoms with van der Waals surface area (Å²) in [5, 5.41) is 3.17. The molecule has 0 unspecified atom stereocenters. The Hall–Kier alpha value is -0.426. The summed E-state index contributed by atoms with van der Waals surface area (Å²) in [6.45, 7) is 34.6. The van der Waals surface area contributed by atoms with Gasteiger partial charge in [0, 0.05) is 13.2 Å². The normalized spacial score (nSPS) is 14.7. The molecule has 0 amide bonds. The first-order valence-corrected chi connectivity index (χ1v) is 16.5. The molecule has 1 aromatic rings. The smallest absolute Gasteiger partial charge is 0.234 e. The maximum Gasteiger partial charge on any atom is 0.234 e. The molecule has 0 N–H and O–H groups in total. The van der Waals surface area contributed by atoms with Gasteiger partial charge in [-0.1, -0.05) is 121 Å². The fraction of sp³-hybridized carbons (Fsp3) is 0.786. The van der Waals surface area contributed by atoms with Crippen LogP contribution in [0.4, 0.5) is 0 Å². The van der Waals surface area contributed by atoms with Crippen LogP contribution in [0.15, 0.2) is 24.3 Å². The molecule has 0 atom stereocenters. The molecule has 0 radical (unpaired) electrons. The van der Waals surface area contributed by atoms with Crippen molar-refractivity contribution in [3.63, 3.8) is 0 Å². The van der Waals surface area contributed by atoms with Gasteiger partial charge < -0.3 is 8.85 Å². The average molecular weight is 479 g/mol. The summed E-state index contributed by atoms with van der Waals surface area (Å²) < 4.78 is 13.9. The Labute approximate surface area is 203 Å². The van der Waals surface area contributed by atoms with Gasteiger partial charge in [-0.05, 0) is 43.4 Å². The molecule has 32 heavy (non-hydrogen) atoms.